The molecule has 0 fully saturated rings. The average Bonchev–Trinajstić information content (AvgIpc) is 2.39. The SMILES string of the molecule is Cc1ccc(C)c(CCSc2cc(C)cc(C)[n+]2[O-])c1. The first-order chi connectivity index (χ1) is 9.47. The molecule has 0 N–H and O–H groups in total. The molecule has 2 aromatic rings. The minimum atomic E-state index is 0.763. The fraction of sp³-hybridized carbons (Fsp3) is 0.353. The van der Waals surface area contributed by atoms with E-state index in [2.05, 4.69) is 32.0 Å². The Labute approximate surface area is 125 Å². The summed E-state index contributed by atoms with van der Waals surface area (Å²) in [6.45, 7) is 8.14. The Bertz CT molecular complexity index is 623. The van der Waals surface area contributed by atoms with Gasteiger partial charge in [-0.25, -0.2) is 0 Å². The molecule has 0 aliphatic heterocycles. The molecule has 0 saturated heterocycles. The van der Waals surface area contributed by atoms with Crippen LogP contribution in [0.5, 0.6) is 0 Å². The van der Waals surface area contributed by atoms with Crippen molar-refractivity contribution in [3.63, 3.8) is 0 Å². The molecule has 0 radical (unpaired) electrons. The van der Waals surface area contributed by atoms with Crippen LogP contribution in [0.2, 0.25) is 0 Å². The summed E-state index contributed by atoms with van der Waals surface area (Å²) < 4.78 is 1.03. The van der Waals surface area contributed by atoms with Crippen molar-refractivity contribution in [3.05, 3.63) is 63.5 Å². The number of thioether (sulfide) groups is 1. The number of rotatable bonds is 4. The summed E-state index contributed by atoms with van der Waals surface area (Å²) in [5, 5.41) is 12.8. The van der Waals surface area contributed by atoms with Gasteiger partial charge in [0.05, 0.1) is 0 Å². The van der Waals surface area contributed by atoms with Crippen LogP contribution in [0, 0.1) is 32.9 Å². The maximum Gasteiger partial charge on any atom is 0.251 e. The van der Waals surface area contributed by atoms with Crippen molar-refractivity contribution in [2.45, 2.75) is 39.1 Å². The van der Waals surface area contributed by atoms with E-state index in [0.717, 1.165) is 33.2 Å². The average molecular weight is 287 g/mol. The molecule has 3 heteroatoms. The third-order valence-electron chi connectivity index (χ3n) is 3.43. The molecule has 20 heavy (non-hydrogen) atoms. The normalized spacial score (nSPS) is 10.8. The van der Waals surface area contributed by atoms with E-state index in [1.807, 2.05) is 26.0 Å². The Morgan fingerprint density at radius 3 is 2.50 bits per heavy atom. The molecule has 0 saturated carbocycles. The molecule has 106 valence electrons. The second kappa shape index (κ2) is 6.31. The van der Waals surface area contributed by atoms with Gasteiger partial charge in [0.2, 0.25) is 0 Å². The Morgan fingerprint density at radius 1 is 1.00 bits per heavy atom. The number of hydrogen-bond acceptors (Lipinski definition) is 2. The van der Waals surface area contributed by atoms with Gasteiger partial charge in [0.25, 0.3) is 5.03 Å². The maximum atomic E-state index is 12.0. The predicted molar refractivity (Wildman–Crippen MR) is 85.2 cm³/mol. The molecule has 0 amide bonds. The van der Waals surface area contributed by atoms with Gasteiger partial charge in [-0.3, -0.25) is 0 Å². The molecule has 0 aliphatic carbocycles. The maximum absolute atomic E-state index is 12.0. The summed E-state index contributed by atoms with van der Waals surface area (Å²) in [6, 6.07) is 10.4. The molecule has 0 bridgehead atoms. The van der Waals surface area contributed by atoms with Crippen LogP contribution in [-0.2, 0) is 6.42 Å². The minimum Gasteiger partial charge on any atom is -0.618 e. The van der Waals surface area contributed by atoms with Gasteiger partial charge in [-0.05, 0) is 43.9 Å². The van der Waals surface area contributed by atoms with Crippen molar-refractivity contribution in [1.29, 1.82) is 0 Å². The molecule has 0 unspecified atom stereocenters. The minimum absolute atomic E-state index is 0.763. The van der Waals surface area contributed by atoms with Crippen molar-refractivity contribution < 1.29 is 4.73 Å². The van der Waals surface area contributed by atoms with Gasteiger partial charge < -0.3 is 5.21 Å². The molecular formula is C17H21NOS. The highest BCUT2D eigenvalue weighted by atomic mass is 32.2. The van der Waals surface area contributed by atoms with E-state index in [4.69, 9.17) is 0 Å². The molecule has 2 nitrogen and oxygen atoms in total. The van der Waals surface area contributed by atoms with Crippen LogP contribution in [0.3, 0.4) is 0 Å². The third kappa shape index (κ3) is 3.54. The summed E-state index contributed by atoms with van der Waals surface area (Å²) in [5.41, 5.74) is 5.90. The fourth-order valence-electron chi connectivity index (χ4n) is 2.29. The summed E-state index contributed by atoms with van der Waals surface area (Å²) in [6.07, 6.45) is 0.991. The van der Waals surface area contributed by atoms with E-state index >= 15 is 0 Å². The lowest BCUT2D eigenvalue weighted by Crippen LogP contribution is -2.33. The van der Waals surface area contributed by atoms with Gasteiger partial charge in [-0.1, -0.05) is 35.5 Å². The summed E-state index contributed by atoms with van der Waals surface area (Å²) in [4.78, 5) is 0. The van der Waals surface area contributed by atoms with E-state index in [0.29, 0.717) is 0 Å². The van der Waals surface area contributed by atoms with Gasteiger partial charge in [0, 0.05) is 24.8 Å². The Balaban J connectivity index is 2.05. The lowest BCUT2D eigenvalue weighted by molar-refractivity contribution is -0.652. The summed E-state index contributed by atoms with van der Waals surface area (Å²) >= 11 is 1.64. The molecule has 0 aliphatic rings. The summed E-state index contributed by atoms with van der Waals surface area (Å²) in [5.74, 6) is 0.926. The van der Waals surface area contributed by atoms with Crippen LogP contribution >= 0.6 is 11.8 Å². The first kappa shape index (κ1) is 14.9. The largest absolute Gasteiger partial charge is 0.618 e. The van der Waals surface area contributed by atoms with Crippen molar-refractivity contribution in [2.24, 2.45) is 0 Å². The first-order valence-electron chi connectivity index (χ1n) is 6.87. The van der Waals surface area contributed by atoms with Crippen LogP contribution in [-0.4, -0.2) is 5.75 Å². The van der Waals surface area contributed by atoms with E-state index in [-0.39, 0.29) is 0 Å². The van der Waals surface area contributed by atoms with Crippen LogP contribution in [0.1, 0.15) is 27.9 Å². The molecule has 1 heterocycles. The number of aromatic nitrogens is 1. The van der Waals surface area contributed by atoms with Gasteiger partial charge in [-0.15, -0.1) is 0 Å². The monoisotopic (exact) mass is 287 g/mol. The van der Waals surface area contributed by atoms with Crippen LogP contribution in [0.25, 0.3) is 0 Å². The molecule has 0 spiro atoms. The van der Waals surface area contributed by atoms with Crippen molar-refractivity contribution in [1.82, 2.24) is 0 Å². The number of benzene rings is 1. The zero-order chi connectivity index (χ0) is 14.7. The molecule has 1 aromatic carbocycles. The highest BCUT2D eigenvalue weighted by molar-refractivity contribution is 7.99. The molecule has 2 rings (SSSR count). The lowest BCUT2D eigenvalue weighted by atomic mass is 10.0. The highest BCUT2D eigenvalue weighted by Crippen LogP contribution is 2.19. The highest BCUT2D eigenvalue weighted by Gasteiger charge is 2.10. The topological polar surface area (TPSA) is 26.9 Å². The van der Waals surface area contributed by atoms with E-state index in [1.54, 1.807) is 11.8 Å². The molecular weight excluding hydrogens is 266 g/mol. The lowest BCUT2D eigenvalue weighted by Gasteiger charge is -2.09. The van der Waals surface area contributed by atoms with Gasteiger partial charge in [0.15, 0.2) is 5.69 Å². The first-order valence-corrected chi connectivity index (χ1v) is 7.85. The Kier molecular flexibility index (Phi) is 4.71. The van der Waals surface area contributed by atoms with Crippen molar-refractivity contribution >= 4 is 11.8 Å². The van der Waals surface area contributed by atoms with E-state index in [1.165, 1.54) is 16.7 Å². The zero-order valence-electron chi connectivity index (χ0n) is 12.6. The summed E-state index contributed by atoms with van der Waals surface area (Å²) in [7, 11) is 0. The molecule has 0 atom stereocenters. The second-order valence-electron chi connectivity index (χ2n) is 5.34. The van der Waals surface area contributed by atoms with Crippen LogP contribution in [0.15, 0.2) is 35.4 Å². The number of nitrogens with zero attached hydrogens (tertiary/aromatic N) is 1. The van der Waals surface area contributed by atoms with Crippen LogP contribution < -0.4 is 4.73 Å². The predicted octanol–water partition coefficient (Wildman–Crippen LogP) is 3.89. The quantitative estimate of drug-likeness (QED) is 0.484. The number of hydrogen-bond donors (Lipinski definition) is 0. The Hall–Kier alpha value is -1.48. The number of aryl methyl sites for hydroxylation is 5. The Morgan fingerprint density at radius 2 is 1.75 bits per heavy atom. The van der Waals surface area contributed by atoms with Gasteiger partial charge in [0.1, 0.15) is 0 Å². The van der Waals surface area contributed by atoms with Crippen molar-refractivity contribution in [3.8, 4) is 0 Å². The van der Waals surface area contributed by atoms with Gasteiger partial charge >= 0.3 is 0 Å². The van der Waals surface area contributed by atoms with E-state index in [9.17, 15) is 5.21 Å². The van der Waals surface area contributed by atoms with Gasteiger partial charge in [-0.2, -0.15) is 4.73 Å². The smallest absolute Gasteiger partial charge is 0.251 e. The second-order valence-corrected chi connectivity index (χ2v) is 6.45. The molecule has 1 aromatic heterocycles. The zero-order valence-corrected chi connectivity index (χ0v) is 13.4. The fourth-order valence-corrected chi connectivity index (χ4v) is 3.35. The van der Waals surface area contributed by atoms with Crippen molar-refractivity contribution in [2.75, 3.05) is 5.75 Å². The number of pyridine rings is 1. The van der Waals surface area contributed by atoms with Crippen LogP contribution in [0.4, 0.5) is 0 Å². The standard InChI is InChI=1S/C17H21NOS/c1-12-5-6-14(3)16(10-12)7-8-20-17-11-13(2)9-15(4)18(17)19/h5-6,9-11H,7-8H2,1-4H3. The third-order valence-corrected chi connectivity index (χ3v) is 4.42. The van der Waals surface area contributed by atoms with E-state index < -0.39 is 0 Å².